The maximum Gasteiger partial charge on any atom is 0.408 e. The van der Waals surface area contributed by atoms with E-state index in [1.54, 1.807) is 25.7 Å². The molecule has 14 heteroatoms. The van der Waals surface area contributed by atoms with Crippen LogP contribution in [0.5, 0.6) is 0 Å². The Hall–Kier alpha value is -5.40. The van der Waals surface area contributed by atoms with Gasteiger partial charge in [0, 0.05) is 13.1 Å². The Morgan fingerprint density at radius 3 is 2.12 bits per heavy atom. The standard InChI is InChI=1S/C45H63N5O9/c1-30(2)27-35(47-44(56)59-45(3,4)5)24-23-34(28-31-15-9-7-10-16-31)41(53)50-26-14-20-37(50)39(51)49-38(33-21-22-33)40(52)48-36(42(54)57-6)19-13-25-46-43(55)58-29-32-17-11-8-12-18-32/h7-12,15-18,23-24,30,33-38H,13-14,19-22,25-29H2,1-6H3,(H,46,55)(H,47,56)(H,48,52)(H,49,51)/b24-23+/t34-,35+,36-,37-,38-/m0/s1. The first-order chi connectivity index (χ1) is 28.1. The molecule has 1 saturated carbocycles. The monoisotopic (exact) mass is 817 g/mol. The number of carbonyl (C=O) groups is 6. The van der Waals surface area contributed by atoms with E-state index in [9.17, 15) is 28.8 Å². The van der Waals surface area contributed by atoms with Gasteiger partial charge in [0.1, 0.15) is 30.3 Å². The Balaban J connectivity index is 1.40. The van der Waals surface area contributed by atoms with Crippen molar-refractivity contribution in [3.8, 4) is 0 Å². The second-order valence-electron chi connectivity index (χ2n) is 16.8. The number of nitrogens with one attached hydrogen (secondary N) is 4. The number of likely N-dealkylation sites (tertiary alicyclic amines) is 1. The fraction of sp³-hybridized carbons (Fsp3) is 0.556. The van der Waals surface area contributed by atoms with E-state index in [4.69, 9.17) is 14.2 Å². The molecule has 322 valence electrons. The van der Waals surface area contributed by atoms with Crippen LogP contribution in [0.2, 0.25) is 0 Å². The van der Waals surface area contributed by atoms with E-state index in [1.807, 2.05) is 72.8 Å². The van der Waals surface area contributed by atoms with Crippen LogP contribution in [0.4, 0.5) is 9.59 Å². The minimum absolute atomic E-state index is 0.118. The van der Waals surface area contributed by atoms with Gasteiger partial charge in [-0.3, -0.25) is 14.4 Å². The summed E-state index contributed by atoms with van der Waals surface area (Å²) in [6, 6.07) is 15.8. The van der Waals surface area contributed by atoms with E-state index >= 15 is 0 Å². The minimum Gasteiger partial charge on any atom is -0.467 e. The Bertz CT molecular complexity index is 1730. The van der Waals surface area contributed by atoms with Gasteiger partial charge in [0.15, 0.2) is 0 Å². The van der Waals surface area contributed by atoms with Crippen molar-refractivity contribution >= 4 is 35.9 Å². The number of alkyl carbamates (subject to hydrolysis) is 2. The Kier molecular flexibility index (Phi) is 17.8. The minimum atomic E-state index is -1.01. The van der Waals surface area contributed by atoms with Gasteiger partial charge in [-0.05, 0) is 95.1 Å². The van der Waals surface area contributed by atoms with E-state index in [0.717, 1.165) is 24.0 Å². The molecule has 2 aliphatic rings. The first kappa shape index (κ1) is 46.3. The van der Waals surface area contributed by atoms with Gasteiger partial charge < -0.3 is 40.4 Å². The highest BCUT2D eigenvalue weighted by molar-refractivity contribution is 5.94. The summed E-state index contributed by atoms with van der Waals surface area (Å²) in [6.45, 7) is 10.2. The molecule has 14 nitrogen and oxygen atoms in total. The molecule has 2 aromatic rings. The summed E-state index contributed by atoms with van der Waals surface area (Å²) < 4.78 is 15.7. The molecule has 2 aromatic carbocycles. The third-order valence-corrected chi connectivity index (χ3v) is 10.1. The quantitative estimate of drug-likeness (QED) is 0.0573. The lowest BCUT2D eigenvalue weighted by Crippen LogP contribution is -2.56. The first-order valence-corrected chi connectivity index (χ1v) is 20.8. The van der Waals surface area contributed by atoms with Crippen LogP contribution in [0, 0.1) is 17.8 Å². The molecule has 0 aromatic heterocycles. The number of esters is 1. The molecule has 0 radical (unpaired) electrons. The fourth-order valence-corrected chi connectivity index (χ4v) is 7.04. The van der Waals surface area contributed by atoms with Crippen LogP contribution in [0.1, 0.15) is 90.7 Å². The number of benzene rings is 2. The van der Waals surface area contributed by atoms with E-state index in [1.165, 1.54) is 7.11 Å². The molecule has 0 unspecified atom stereocenters. The van der Waals surface area contributed by atoms with Crippen molar-refractivity contribution in [1.29, 1.82) is 0 Å². The highest BCUT2D eigenvalue weighted by atomic mass is 16.6. The molecule has 1 heterocycles. The molecule has 4 rings (SSSR count). The zero-order valence-electron chi connectivity index (χ0n) is 35.4. The van der Waals surface area contributed by atoms with Gasteiger partial charge in [-0.2, -0.15) is 0 Å². The second kappa shape index (κ2) is 22.7. The van der Waals surface area contributed by atoms with Crippen molar-refractivity contribution < 1.29 is 43.0 Å². The molecule has 5 amide bonds. The van der Waals surface area contributed by atoms with Gasteiger partial charge in [-0.25, -0.2) is 14.4 Å². The van der Waals surface area contributed by atoms with Crippen LogP contribution in [0.25, 0.3) is 0 Å². The largest absolute Gasteiger partial charge is 0.467 e. The Morgan fingerprint density at radius 1 is 0.847 bits per heavy atom. The lowest BCUT2D eigenvalue weighted by molar-refractivity contribution is -0.146. The molecule has 4 N–H and O–H groups in total. The lowest BCUT2D eigenvalue weighted by atomic mass is 9.94. The summed E-state index contributed by atoms with van der Waals surface area (Å²) in [5.74, 6) is -2.32. The molecule has 59 heavy (non-hydrogen) atoms. The molecular formula is C45H63N5O9. The normalized spacial score (nSPS) is 17.3. The van der Waals surface area contributed by atoms with Gasteiger partial charge in [-0.1, -0.05) is 86.7 Å². The molecule has 1 saturated heterocycles. The number of methoxy groups -OCH3 is 1. The van der Waals surface area contributed by atoms with Crippen LogP contribution < -0.4 is 21.3 Å². The number of nitrogens with zero attached hydrogens (tertiary/aromatic N) is 1. The SMILES string of the molecule is COC(=O)[C@H](CCCNC(=O)OCc1ccccc1)NC(=O)[C@@H](NC(=O)[C@@H]1CCCN1C(=O)[C@@H](/C=C/[C@H](CC(C)C)NC(=O)OC(C)(C)C)Cc1ccccc1)C1CC1. The molecule has 1 aliphatic carbocycles. The maximum atomic E-state index is 14.4. The summed E-state index contributed by atoms with van der Waals surface area (Å²) >= 11 is 0. The van der Waals surface area contributed by atoms with Crippen molar-refractivity contribution in [2.45, 2.75) is 122 Å². The van der Waals surface area contributed by atoms with Gasteiger partial charge in [0.25, 0.3) is 0 Å². The van der Waals surface area contributed by atoms with Crippen LogP contribution in [-0.2, 0) is 46.4 Å². The van der Waals surface area contributed by atoms with Gasteiger partial charge >= 0.3 is 18.2 Å². The third-order valence-electron chi connectivity index (χ3n) is 10.1. The van der Waals surface area contributed by atoms with Gasteiger partial charge in [-0.15, -0.1) is 0 Å². The van der Waals surface area contributed by atoms with E-state index in [0.29, 0.717) is 38.6 Å². The number of carbonyl (C=O) groups excluding carboxylic acids is 6. The van der Waals surface area contributed by atoms with Crippen LogP contribution in [0.3, 0.4) is 0 Å². The summed E-state index contributed by atoms with van der Waals surface area (Å²) in [6.07, 6.45) is 6.54. The van der Waals surface area contributed by atoms with E-state index in [-0.39, 0.29) is 37.3 Å². The summed E-state index contributed by atoms with van der Waals surface area (Å²) in [4.78, 5) is 81.4. The van der Waals surface area contributed by atoms with Gasteiger partial charge in [0.2, 0.25) is 17.7 Å². The third kappa shape index (κ3) is 16.1. The molecule has 1 aliphatic heterocycles. The Morgan fingerprint density at radius 2 is 1.51 bits per heavy atom. The number of rotatable bonds is 20. The van der Waals surface area contributed by atoms with Crippen molar-refractivity contribution in [2.24, 2.45) is 17.8 Å². The maximum absolute atomic E-state index is 14.4. The van der Waals surface area contributed by atoms with E-state index in [2.05, 4.69) is 35.1 Å². The first-order valence-electron chi connectivity index (χ1n) is 20.8. The zero-order valence-corrected chi connectivity index (χ0v) is 35.4. The highest BCUT2D eigenvalue weighted by Crippen LogP contribution is 2.33. The zero-order chi connectivity index (χ0) is 43.0. The van der Waals surface area contributed by atoms with Crippen LogP contribution in [-0.4, -0.2) is 90.7 Å². The van der Waals surface area contributed by atoms with Crippen molar-refractivity contribution in [1.82, 2.24) is 26.2 Å². The Labute approximate surface area is 348 Å². The van der Waals surface area contributed by atoms with Crippen LogP contribution >= 0.6 is 0 Å². The average Bonchev–Trinajstić information content (AvgIpc) is 3.92. The number of amides is 5. The number of hydrogen-bond donors (Lipinski definition) is 4. The predicted octanol–water partition coefficient (Wildman–Crippen LogP) is 5.59. The van der Waals surface area contributed by atoms with Crippen molar-refractivity contribution in [3.63, 3.8) is 0 Å². The summed E-state index contributed by atoms with van der Waals surface area (Å²) in [7, 11) is 1.23. The van der Waals surface area contributed by atoms with Gasteiger partial charge in [0.05, 0.1) is 19.1 Å². The fourth-order valence-electron chi connectivity index (χ4n) is 7.04. The van der Waals surface area contributed by atoms with Crippen LogP contribution in [0.15, 0.2) is 72.8 Å². The van der Waals surface area contributed by atoms with Crippen molar-refractivity contribution in [3.05, 3.63) is 83.9 Å². The lowest BCUT2D eigenvalue weighted by Gasteiger charge is -2.29. The molecule has 0 bridgehead atoms. The molecule has 5 atom stereocenters. The van der Waals surface area contributed by atoms with Crippen molar-refractivity contribution in [2.75, 3.05) is 20.2 Å². The number of hydrogen-bond acceptors (Lipinski definition) is 9. The van der Waals surface area contributed by atoms with E-state index < -0.39 is 65.7 Å². The smallest absolute Gasteiger partial charge is 0.408 e. The molecule has 2 fully saturated rings. The molecular weight excluding hydrogens is 755 g/mol. The number of ether oxygens (including phenoxy) is 3. The predicted molar refractivity (Wildman–Crippen MR) is 223 cm³/mol. The summed E-state index contributed by atoms with van der Waals surface area (Å²) in [5.41, 5.74) is 1.12. The summed E-state index contributed by atoms with van der Waals surface area (Å²) in [5, 5.41) is 11.3. The highest BCUT2D eigenvalue weighted by Gasteiger charge is 2.42. The second-order valence-corrected chi connectivity index (χ2v) is 16.8. The molecule has 0 spiro atoms. The average molecular weight is 818 g/mol. The topological polar surface area (TPSA) is 181 Å².